The van der Waals surface area contributed by atoms with Gasteiger partial charge < -0.3 is 9.84 Å². The molecule has 0 unspecified atom stereocenters. The average Bonchev–Trinajstić information content (AvgIpc) is 2.37. The summed E-state index contributed by atoms with van der Waals surface area (Å²) < 4.78 is 45.4. The summed E-state index contributed by atoms with van der Waals surface area (Å²) in [5, 5.41) is 9.61. The number of rotatable bonds is 4. The number of benzene rings is 2. The maximum atomic E-state index is 13.7. The Bertz CT molecular complexity index is 780. The number of halogens is 2. The molecule has 112 valence electrons. The lowest BCUT2D eigenvalue weighted by atomic mass is 10.3. The summed E-state index contributed by atoms with van der Waals surface area (Å²) in [4.78, 5) is -0.485. The third kappa shape index (κ3) is 3.45. The molecular formula is C13H11BrFNO4S. The molecule has 0 aliphatic carbocycles. The van der Waals surface area contributed by atoms with Gasteiger partial charge in [-0.3, -0.25) is 4.72 Å². The van der Waals surface area contributed by atoms with Gasteiger partial charge >= 0.3 is 0 Å². The van der Waals surface area contributed by atoms with Gasteiger partial charge in [-0.05, 0) is 30.3 Å². The fraction of sp³-hybridized carbons (Fsp3) is 0.0769. The lowest BCUT2D eigenvalue weighted by molar-refractivity contribution is 0.373. The van der Waals surface area contributed by atoms with Crippen LogP contribution >= 0.6 is 15.9 Å². The van der Waals surface area contributed by atoms with Crippen LogP contribution in [0.4, 0.5) is 10.1 Å². The number of methoxy groups -OCH3 is 1. The molecule has 2 aromatic rings. The van der Waals surface area contributed by atoms with Crippen molar-refractivity contribution < 1.29 is 22.7 Å². The van der Waals surface area contributed by atoms with Gasteiger partial charge in [-0.1, -0.05) is 15.9 Å². The van der Waals surface area contributed by atoms with Crippen LogP contribution in [-0.2, 0) is 10.0 Å². The Morgan fingerprint density at radius 2 is 1.95 bits per heavy atom. The monoisotopic (exact) mass is 375 g/mol. The first-order chi connectivity index (χ1) is 9.83. The van der Waals surface area contributed by atoms with E-state index in [0.29, 0.717) is 4.47 Å². The van der Waals surface area contributed by atoms with Crippen molar-refractivity contribution in [2.45, 2.75) is 4.90 Å². The van der Waals surface area contributed by atoms with E-state index in [1.807, 2.05) is 0 Å². The highest BCUT2D eigenvalue weighted by Gasteiger charge is 2.19. The maximum absolute atomic E-state index is 13.7. The van der Waals surface area contributed by atoms with Gasteiger partial charge in [0.1, 0.15) is 10.7 Å². The summed E-state index contributed by atoms with van der Waals surface area (Å²) >= 11 is 3.05. The molecule has 2 N–H and O–H groups in total. The van der Waals surface area contributed by atoms with Crippen LogP contribution in [0.2, 0.25) is 0 Å². The van der Waals surface area contributed by atoms with E-state index in [9.17, 15) is 17.9 Å². The van der Waals surface area contributed by atoms with Gasteiger partial charge in [0.15, 0.2) is 11.5 Å². The molecule has 0 saturated carbocycles. The van der Waals surface area contributed by atoms with Crippen LogP contribution in [0.1, 0.15) is 0 Å². The predicted octanol–water partition coefficient (Wildman–Crippen LogP) is 3.10. The van der Waals surface area contributed by atoms with Gasteiger partial charge in [0.25, 0.3) is 10.0 Å². The molecule has 0 heterocycles. The van der Waals surface area contributed by atoms with Gasteiger partial charge in [0, 0.05) is 10.5 Å². The maximum Gasteiger partial charge on any atom is 0.264 e. The summed E-state index contributed by atoms with van der Waals surface area (Å²) in [6.45, 7) is 0. The van der Waals surface area contributed by atoms with Gasteiger partial charge in [-0.2, -0.15) is 0 Å². The van der Waals surface area contributed by atoms with Crippen LogP contribution in [0.15, 0.2) is 45.8 Å². The summed E-state index contributed by atoms with van der Waals surface area (Å²) in [6, 6.07) is 7.58. The number of phenols is 1. The molecule has 0 radical (unpaired) electrons. The summed E-state index contributed by atoms with van der Waals surface area (Å²) in [5.74, 6) is -0.906. The van der Waals surface area contributed by atoms with Crippen molar-refractivity contribution in [3.63, 3.8) is 0 Å². The van der Waals surface area contributed by atoms with Gasteiger partial charge in [-0.15, -0.1) is 0 Å². The third-order valence-electron chi connectivity index (χ3n) is 2.61. The zero-order chi connectivity index (χ0) is 15.6. The Hall–Kier alpha value is -1.80. The molecule has 8 heteroatoms. The normalized spacial score (nSPS) is 11.2. The van der Waals surface area contributed by atoms with Crippen molar-refractivity contribution in [3.05, 3.63) is 46.7 Å². The topological polar surface area (TPSA) is 75.6 Å². The fourth-order valence-electron chi connectivity index (χ4n) is 1.66. The number of ether oxygens (including phenoxy) is 1. The Labute approximate surface area is 129 Å². The molecule has 0 spiro atoms. The van der Waals surface area contributed by atoms with Crippen molar-refractivity contribution >= 4 is 31.6 Å². The van der Waals surface area contributed by atoms with Crippen molar-refractivity contribution in [1.29, 1.82) is 0 Å². The molecule has 0 fully saturated rings. The molecule has 21 heavy (non-hydrogen) atoms. The third-order valence-corrected chi connectivity index (χ3v) is 4.52. The molecule has 5 nitrogen and oxygen atoms in total. The number of sulfonamides is 1. The second-order valence-corrected chi connectivity index (χ2v) is 6.63. The molecular weight excluding hydrogens is 365 g/mol. The van der Waals surface area contributed by atoms with E-state index in [1.54, 1.807) is 0 Å². The zero-order valence-corrected chi connectivity index (χ0v) is 13.2. The minimum absolute atomic E-state index is 0.0932. The number of hydrogen-bond donors (Lipinski definition) is 2. The van der Waals surface area contributed by atoms with Crippen LogP contribution in [0.25, 0.3) is 0 Å². The first-order valence-corrected chi connectivity index (χ1v) is 7.96. The summed E-state index contributed by atoms with van der Waals surface area (Å²) in [7, 11) is -2.72. The minimum Gasteiger partial charge on any atom is -0.504 e. The minimum atomic E-state index is -4.09. The van der Waals surface area contributed by atoms with E-state index in [4.69, 9.17) is 4.74 Å². The second kappa shape index (κ2) is 5.90. The lowest BCUT2D eigenvalue weighted by Gasteiger charge is -2.10. The predicted molar refractivity (Wildman–Crippen MR) is 79.6 cm³/mol. The lowest BCUT2D eigenvalue weighted by Crippen LogP contribution is -2.14. The second-order valence-electron chi connectivity index (χ2n) is 4.07. The van der Waals surface area contributed by atoms with Gasteiger partial charge in [-0.25, -0.2) is 12.8 Å². The Kier molecular flexibility index (Phi) is 4.38. The zero-order valence-electron chi connectivity index (χ0n) is 10.8. The summed E-state index contributed by atoms with van der Waals surface area (Å²) in [6.07, 6.45) is 0. The van der Waals surface area contributed by atoms with Crippen LogP contribution in [-0.4, -0.2) is 20.6 Å². The number of anilines is 1. The van der Waals surface area contributed by atoms with Crippen molar-refractivity contribution in [2.24, 2.45) is 0 Å². The van der Waals surface area contributed by atoms with E-state index in [0.717, 1.165) is 12.1 Å². The molecule has 2 aromatic carbocycles. The standard InChI is InChI=1S/C13H11BrFNO4S/c1-20-12-4-3-9(7-11(12)17)16-21(18,19)13-5-2-8(14)6-10(13)15/h2-7,16-17H,1H3. The number of aromatic hydroxyl groups is 1. The first kappa shape index (κ1) is 15.6. The van der Waals surface area contributed by atoms with E-state index in [2.05, 4.69) is 20.7 Å². The van der Waals surface area contributed by atoms with Crippen LogP contribution in [0.5, 0.6) is 11.5 Å². The van der Waals surface area contributed by atoms with E-state index >= 15 is 0 Å². The molecule has 2 rings (SSSR count). The molecule has 0 amide bonds. The highest BCUT2D eigenvalue weighted by molar-refractivity contribution is 9.10. The molecule has 0 bridgehead atoms. The van der Waals surface area contributed by atoms with E-state index < -0.39 is 20.7 Å². The van der Waals surface area contributed by atoms with Crippen LogP contribution < -0.4 is 9.46 Å². The quantitative estimate of drug-likeness (QED) is 0.860. The number of phenolic OH excluding ortho intramolecular Hbond substituents is 1. The molecule has 0 saturated heterocycles. The van der Waals surface area contributed by atoms with Gasteiger partial charge in [0.2, 0.25) is 0 Å². The Morgan fingerprint density at radius 1 is 1.24 bits per heavy atom. The molecule has 0 aromatic heterocycles. The molecule has 0 atom stereocenters. The Morgan fingerprint density at radius 3 is 2.52 bits per heavy atom. The van der Waals surface area contributed by atoms with E-state index in [1.165, 1.54) is 31.4 Å². The smallest absolute Gasteiger partial charge is 0.264 e. The highest BCUT2D eigenvalue weighted by atomic mass is 79.9. The largest absolute Gasteiger partial charge is 0.504 e. The molecule has 0 aliphatic rings. The van der Waals surface area contributed by atoms with E-state index in [-0.39, 0.29) is 17.2 Å². The average molecular weight is 376 g/mol. The summed E-state index contributed by atoms with van der Waals surface area (Å²) in [5.41, 5.74) is 0.0932. The fourth-order valence-corrected chi connectivity index (χ4v) is 3.10. The SMILES string of the molecule is COc1ccc(NS(=O)(=O)c2ccc(Br)cc2F)cc1O. The van der Waals surface area contributed by atoms with Crippen molar-refractivity contribution in [3.8, 4) is 11.5 Å². The number of hydrogen-bond acceptors (Lipinski definition) is 4. The van der Waals surface area contributed by atoms with Gasteiger partial charge in [0.05, 0.1) is 12.8 Å². The number of nitrogens with one attached hydrogen (secondary N) is 1. The Balaban J connectivity index is 2.35. The molecule has 0 aliphatic heterocycles. The highest BCUT2D eigenvalue weighted by Crippen LogP contribution is 2.30. The van der Waals surface area contributed by atoms with Crippen LogP contribution in [0, 0.1) is 5.82 Å². The van der Waals surface area contributed by atoms with Crippen molar-refractivity contribution in [2.75, 3.05) is 11.8 Å². The van der Waals surface area contributed by atoms with Crippen LogP contribution in [0.3, 0.4) is 0 Å². The van der Waals surface area contributed by atoms with Crippen molar-refractivity contribution in [1.82, 2.24) is 0 Å². The first-order valence-electron chi connectivity index (χ1n) is 5.68.